The molecule has 1 N–H and O–H groups in total. The van der Waals surface area contributed by atoms with Gasteiger partial charge in [-0.25, -0.2) is 0 Å². The number of nitrogens with zero attached hydrogens (tertiary/aromatic N) is 1. The molecule has 2 aromatic rings. The first-order valence-electron chi connectivity index (χ1n) is 9.26. The number of carbonyl (C=O) groups excluding carboxylic acids is 2. The van der Waals surface area contributed by atoms with Crippen molar-refractivity contribution in [1.29, 1.82) is 5.26 Å². The molecule has 2 aliphatic rings. The predicted molar refractivity (Wildman–Crippen MR) is 101 cm³/mol. The van der Waals surface area contributed by atoms with Crippen molar-refractivity contribution in [2.24, 2.45) is 5.92 Å². The van der Waals surface area contributed by atoms with Gasteiger partial charge < -0.3 is 14.8 Å². The van der Waals surface area contributed by atoms with Crippen molar-refractivity contribution in [3.8, 4) is 17.6 Å². The largest absolute Gasteiger partial charge is 0.457 e. The molecule has 6 heteroatoms. The van der Waals surface area contributed by atoms with E-state index in [0.717, 1.165) is 12.8 Å². The fourth-order valence-electron chi connectivity index (χ4n) is 3.59. The lowest BCUT2D eigenvalue weighted by Crippen LogP contribution is -2.48. The fraction of sp³-hybridized carbons (Fsp3) is 0.318. The average molecular weight is 376 g/mol. The van der Waals surface area contributed by atoms with E-state index in [2.05, 4.69) is 11.4 Å². The summed E-state index contributed by atoms with van der Waals surface area (Å²) in [4.78, 5) is 25.2. The number of benzene rings is 2. The van der Waals surface area contributed by atoms with Crippen LogP contribution in [0.25, 0.3) is 0 Å². The van der Waals surface area contributed by atoms with Gasteiger partial charge in [0.25, 0.3) is 5.91 Å². The molecule has 0 saturated heterocycles. The van der Waals surface area contributed by atoms with Crippen molar-refractivity contribution in [3.63, 3.8) is 0 Å². The van der Waals surface area contributed by atoms with E-state index in [1.54, 1.807) is 19.1 Å². The van der Waals surface area contributed by atoms with Crippen molar-refractivity contribution in [3.05, 3.63) is 59.7 Å². The standard InChI is InChI=1S/C22H20N2O4/c1-22(13-23,14-10-11-14)24-19(25)12-27-21(26)20-15-6-2-4-8-17(15)28-18-9-5-3-7-16(18)20/h2-9,14,20H,10-12H2,1H3,(H,24,25)/t22-/m0/s1. The molecule has 2 aromatic carbocycles. The number of fused-ring (bicyclic) bond motifs is 2. The summed E-state index contributed by atoms with van der Waals surface area (Å²) < 4.78 is 11.2. The van der Waals surface area contributed by atoms with E-state index in [1.807, 2.05) is 36.4 Å². The van der Waals surface area contributed by atoms with Gasteiger partial charge in [-0.2, -0.15) is 5.26 Å². The second kappa shape index (κ2) is 7.01. The highest BCUT2D eigenvalue weighted by molar-refractivity contribution is 5.88. The van der Waals surface area contributed by atoms with Crippen molar-refractivity contribution in [2.45, 2.75) is 31.2 Å². The molecule has 1 fully saturated rings. The first kappa shape index (κ1) is 18.1. The van der Waals surface area contributed by atoms with E-state index in [4.69, 9.17) is 9.47 Å². The van der Waals surface area contributed by atoms with Gasteiger partial charge in [0.15, 0.2) is 6.61 Å². The Hall–Kier alpha value is -3.33. The highest BCUT2D eigenvalue weighted by Crippen LogP contribution is 2.44. The number of hydrogen-bond donors (Lipinski definition) is 1. The number of hydrogen-bond acceptors (Lipinski definition) is 5. The highest BCUT2D eigenvalue weighted by atomic mass is 16.5. The minimum atomic E-state index is -0.915. The lowest BCUT2D eigenvalue weighted by atomic mass is 9.88. The summed E-state index contributed by atoms with van der Waals surface area (Å²) in [6.45, 7) is 1.28. The van der Waals surface area contributed by atoms with Crippen LogP contribution >= 0.6 is 0 Å². The molecule has 0 aromatic heterocycles. The fourth-order valence-corrected chi connectivity index (χ4v) is 3.59. The van der Waals surface area contributed by atoms with Crippen LogP contribution in [-0.2, 0) is 14.3 Å². The Morgan fingerprint density at radius 3 is 2.25 bits per heavy atom. The van der Waals surface area contributed by atoms with Crippen molar-refractivity contribution in [1.82, 2.24) is 5.32 Å². The summed E-state index contributed by atoms with van der Waals surface area (Å²) in [7, 11) is 0. The smallest absolute Gasteiger partial charge is 0.318 e. The molecule has 0 spiro atoms. The third kappa shape index (κ3) is 3.31. The lowest BCUT2D eigenvalue weighted by Gasteiger charge is -2.27. The minimum Gasteiger partial charge on any atom is -0.457 e. The Morgan fingerprint density at radius 2 is 1.71 bits per heavy atom. The van der Waals surface area contributed by atoms with E-state index >= 15 is 0 Å². The van der Waals surface area contributed by atoms with Crippen LogP contribution in [0.3, 0.4) is 0 Å². The number of nitriles is 1. The molecular weight excluding hydrogens is 356 g/mol. The number of carbonyl (C=O) groups is 2. The summed E-state index contributed by atoms with van der Waals surface area (Å²) >= 11 is 0. The van der Waals surface area contributed by atoms with Crippen LogP contribution in [0.5, 0.6) is 11.5 Å². The molecular formula is C22H20N2O4. The topological polar surface area (TPSA) is 88.4 Å². The van der Waals surface area contributed by atoms with Crippen molar-refractivity contribution < 1.29 is 19.1 Å². The van der Waals surface area contributed by atoms with Gasteiger partial charge in [0, 0.05) is 11.1 Å². The molecule has 1 amide bonds. The molecule has 28 heavy (non-hydrogen) atoms. The first-order valence-corrected chi connectivity index (χ1v) is 9.26. The molecule has 1 saturated carbocycles. The molecule has 142 valence electrons. The second-order valence-electron chi connectivity index (χ2n) is 7.36. The Labute approximate surface area is 163 Å². The van der Waals surface area contributed by atoms with E-state index in [9.17, 15) is 14.9 Å². The van der Waals surface area contributed by atoms with Crippen LogP contribution in [0.4, 0.5) is 0 Å². The number of ether oxygens (including phenoxy) is 2. The summed E-state index contributed by atoms with van der Waals surface area (Å²) in [5, 5.41) is 12.1. The second-order valence-corrected chi connectivity index (χ2v) is 7.36. The van der Waals surface area contributed by atoms with Gasteiger partial charge in [-0.15, -0.1) is 0 Å². The maximum absolute atomic E-state index is 12.9. The number of amides is 1. The van der Waals surface area contributed by atoms with Crippen LogP contribution < -0.4 is 10.1 Å². The van der Waals surface area contributed by atoms with E-state index in [0.29, 0.717) is 22.6 Å². The van der Waals surface area contributed by atoms with Gasteiger partial charge in [0.1, 0.15) is 23.0 Å². The van der Waals surface area contributed by atoms with Gasteiger partial charge in [-0.1, -0.05) is 36.4 Å². The monoisotopic (exact) mass is 376 g/mol. The zero-order valence-corrected chi connectivity index (χ0v) is 15.5. The predicted octanol–water partition coefficient (Wildman–Crippen LogP) is 3.28. The van der Waals surface area contributed by atoms with Crippen molar-refractivity contribution >= 4 is 11.9 Å². The van der Waals surface area contributed by atoms with Crippen LogP contribution in [0.2, 0.25) is 0 Å². The molecule has 0 unspecified atom stereocenters. The molecule has 1 heterocycles. The van der Waals surface area contributed by atoms with E-state index < -0.39 is 29.9 Å². The molecule has 1 atom stereocenters. The molecule has 1 aliphatic heterocycles. The maximum Gasteiger partial charge on any atom is 0.318 e. The number of rotatable bonds is 5. The van der Waals surface area contributed by atoms with Gasteiger partial charge in [0.05, 0.1) is 6.07 Å². The SMILES string of the molecule is C[C@@](C#N)(NC(=O)COC(=O)C1c2ccccc2Oc2ccccc21)C1CC1. The van der Waals surface area contributed by atoms with Gasteiger partial charge in [-0.05, 0) is 37.8 Å². The minimum absolute atomic E-state index is 0.159. The zero-order valence-electron chi connectivity index (χ0n) is 15.5. The number of esters is 1. The van der Waals surface area contributed by atoms with Gasteiger partial charge >= 0.3 is 5.97 Å². The quantitative estimate of drug-likeness (QED) is 0.809. The van der Waals surface area contributed by atoms with Gasteiger partial charge in [-0.3, -0.25) is 9.59 Å². The Balaban J connectivity index is 1.49. The summed E-state index contributed by atoms with van der Waals surface area (Å²) in [6, 6.07) is 16.7. The zero-order chi connectivity index (χ0) is 19.7. The molecule has 4 rings (SSSR count). The van der Waals surface area contributed by atoms with Gasteiger partial charge in [0.2, 0.25) is 0 Å². The number of nitrogens with one attached hydrogen (secondary N) is 1. The molecule has 1 aliphatic carbocycles. The summed E-state index contributed by atoms with van der Waals surface area (Å²) in [6.07, 6.45) is 1.83. The first-order chi connectivity index (χ1) is 13.5. The molecule has 0 radical (unpaired) electrons. The normalized spacial score (nSPS) is 17.1. The maximum atomic E-state index is 12.9. The van der Waals surface area contributed by atoms with E-state index in [-0.39, 0.29) is 5.92 Å². The summed E-state index contributed by atoms with van der Waals surface area (Å²) in [5.41, 5.74) is 0.486. The van der Waals surface area contributed by atoms with Crippen LogP contribution in [0, 0.1) is 17.2 Å². The third-order valence-electron chi connectivity index (χ3n) is 5.29. The van der Waals surface area contributed by atoms with Crippen LogP contribution in [0.15, 0.2) is 48.5 Å². The Kier molecular flexibility index (Phi) is 4.52. The van der Waals surface area contributed by atoms with Crippen LogP contribution in [0.1, 0.15) is 36.8 Å². The van der Waals surface area contributed by atoms with Crippen LogP contribution in [-0.4, -0.2) is 24.0 Å². The Bertz CT molecular complexity index is 931. The lowest BCUT2D eigenvalue weighted by molar-refractivity contribution is -0.149. The van der Waals surface area contributed by atoms with Crippen molar-refractivity contribution in [2.75, 3.05) is 6.61 Å². The number of para-hydroxylation sites is 2. The Morgan fingerprint density at radius 1 is 1.14 bits per heavy atom. The third-order valence-corrected chi connectivity index (χ3v) is 5.29. The summed E-state index contributed by atoms with van der Waals surface area (Å²) in [5.74, 6) is -0.315. The average Bonchev–Trinajstić information content (AvgIpc) is 3.56. The highest BCUT2D eigenvalue weighted by Gasteiger charge is 2.43. The van der Waals surface area contributed by atoms with E-state index in [1.165, 1.54) is 0 Å². The molecule has 0 bridgehead atoms. The molecule has 6 nitrogen and oxygen atoms in total.